The molecule has 0 atom stereocenters. The van der Waals surface area contributed by atoms with Gasteiger partial charge in [-0.05, 0) is 30.9 Å². The van der Waals surface area contributed by atoms with Gasteiger partial charge in [-0.3, -0.25) is 0 Å². The summed E-state index contributed by atoms with van der Waals surface area (Å²) in [7, 11) is -3.88. The minimum Gasteiger partial charge on any atom is -0.492 e. The van der Waals surface area contributed by atoms with Gasteiger partial charge in [-0.2, -0.15) is 0 Å². The first-order valence-corrected chi connectivity index (χ1v) is 8.33. The molecule has 1 aliphatic carbocycles. The number of halogens is 2. The summed E-state index contributed by atoms with van der Waals surface area (Å²) in [5.74, 6) is 0.929. The van der Waals surface area contributed by atoms with Crippen LogP contribution in [-0.4, -0.2) is 15.0 Å². The minimum atomic E-state index is -3.88. The Kier molecular flexibility index (Phi) is 4.61. The van der Waals surface area contributed by atoms with Crippen molar-refractivity contribution in [3.63, 3.8) is 0 Å². The Morgan fingerprint density at radius 1 is 1.21 bits per heavy atom. The third kappa shape index (κ3) is 3.54. The van der Waals surface area contributed by atoms with Gasteiger partial charge in [0.25, 0.3) is 0 Å². The van der Waals surface area contributed by atoms with E-state index < -0.39 is 10.0 Å². The van der Waals surface area contributed by atoms with Crippen LogP contribution in [0.3, 0.4) is 0 Å². The second kappa shape index (κ2) is 5.87. The van der Waals surface area contributed by atoms with Crippen molar-refractivity contribution < 1.29 is 13.2 Å². The van der Waals surface area contributed by atoms with Gasteiger partial charge in [-0.15, -0.1) is 0 Å². The second-order valence-corrected chi connectivity index (χ2v) is 6.98. The number of hydrogen-bond acceptors (Lipinski definition) is 3. The van der Waals surface area contributed by atoms with Gasteiger partial charge in [0.05, 0.1) is 11.6 Å². The number of benzene rings is 1. The molecule has 0 unspecified atom stereocenters. The van der Waals surface area contributed by atoms with Gasteiger partial charge in [0, 0.05) is 0 Å². The van der Waals surface area contributed by atoms with Crippen LogP contribution >= 0.6 is 23.2 Å². The molecule has 1 aromatic rings. The van der Waals surface area contributed by atoms with Crippen molar-refractivity contribution in [1.29, 1.82) is 0 Å². The highest BCUT2D eigenvalue weighted by atomic mass is 35.5. The van der Waals surface area contributed by atoms with Crippen LogP contribution in [0.5, 0.6) is 5.75 Å². The Morgan fingerprint density at radius 2 is 1.84 bits per heavy atom. The Morgan fingerprint density at radius 3 is 2.42 bits per heavy atom. The Bertz CT molecular complexity index is 569. The van der Waals surface area contributed by atoms with E-state index in [2.05, 4.69) is 0 Å². The molecule has 0 heterocycles. The zero-order valence-electron chi connectivity index (χ0n) is 10.2. The molecule has 0 amide bonds. The predicted molar refractivity (Wildman–Crippen MR) is 75.3 cm³/mol. The summed E-state index contributed by atoms with van der Waals surface area (Å²) in [4.78, 5) is -0.188. The van der Waals surface area contributed by atoms with E-state index in [1.54, 1.807) is 0 Å². The van der Waals surface area contributed by atoms with Crippen molar-refractivity contribution in [3.8, 4) is 5.75 Å². The number of primary sulfonamides is 1. The van der Waals surface area contributed by atoms with Gasteiger partial charge in [0.2, 0.25) is 10.0 Å². The first-order chi connectivity index (χ1) is 8.89. The lowest BCUT2D eigenvalue weighted by Gasteiger charge is -2.14. The number of ether oxygens (including phenoxy) is 1. The van der Waals surface area contributed by atoms with E-state index in [0.717, 1.165) is 12.8 Å². The third-order valence-corrected chi connectivity index (χ3v) is 5.20. The van der Waals surface area contributed by atoms with Crippen molar-refractivity contribution >= 4 is 33.2 Å². The first-order valence-electron chi connectivity index (χ1n) is 6.03. The third-order valence-electron chi connectivity index (χ3n) is 3.27. The number of nitrogens with two attached hydrogens (primary N) is 1. The fourth-order valence-electron chi connectivity index (χ4n) is 2.23. The SMILES string of the molecule is NS(=O)(=O)c1ccc(OCC2CCCC2)c(Cl)c1Cl. The zero-order valence-corrected chi connectivity index (χ0v) is 12.6. The molecule has 0 bridgehead atoms. The van der Waals surface area contributed by atoms with Crippen LogP contribution < -0.4 is 9.88 Å². The maximum atomic E-state index is 11.3. The van der Waals surface area contributed by atoms with E-state index in [-0.39, 0.29) is 14.9 Å². The van der Waals surface area contributed by atoms with Gasteiger partial charge >= 0.3 is 0 Å². The highest BCUT2D eigenvalue weighted by Crippen LogP contribution is 2.37. The predicted octanol–water partition coefficient (Wildman–Crippen LogP) is 3.21. The van der Waals surface area contributed by atoms with E-state index in [4.69, 9.17) is 33.1 Å². The molecular formula is C12H15Cl2NO3S. The van der Waals surface area contributed by atoms with Gasteiger partial charge in [-0.1, -0.05) is 36.0 Å². The molecule has 19 heavy (non-hydrogen) atoms. The lowest BCUT2D eigenvalue weighted by molar-refractivity contribution is 0.252. The fraction of sp³-hybridized carbons (Fsp3) is 0.500. The van der Waals surface area contributed by atoms with Crippen molar-refractivity contribution in [2.45, 2.75) is 30.6 Å². The average Bonchev–Trinajstić information content (AvgIpc) is 2.82. The topological polar surface area (TPSA) is 69.4 Å². The van der Waals surface area contributed by atoms with E-state index >= 15 is 0 Å². The molecule has 1 aliphatic rings. The fourth-order valence-corrected chi connectivity index (χ4v) is 3.59. The van der Waals surface area contributed by atoms with Crippen molar-refractivity contribution in [3.05, 3.63) is 22.2 Å². The summed E-state index contributed by atoms with van der Waals surface area (Å²) in [6.45, 7) is 0.574. The van der Waals surface area contributed by atoms with Crippen LogP contribution in [0.4, 0.5) is 0 Å². The quantitative estimate of drug-likeness (QED) is 0.924. The standard InChI is InChI=1S/C12H15Cl2NO3S/c13-11-9(18-7-8-3-1-2-4-8)5-6-10(12(11)14)19(15,16)17/h5-6,8H,1-4,7H2,(H2,15,16,17). The average molecular weight is 324 g/mol. The van der Waals surface area contributed by atoms with Crippen LogP contribution in [0.15, 0.2) is 17.0 Å². The number of sulfonamides is 1. The largest absolute Gasteiger partial charge is 0.492 e. The van der Waals surface area contributed by atoms with Gasteiger partial charge in [0.1, 0.15) is 15.7 Å². The lowest BCUT2D eigenvalue weighted by Crippen LogP contribution is -2.13. The van der Waals surface area contributed by atoms with E-state index in [1.807, 2.05) is 0 Å². The molecule has 7 heteroatoms. The van der Waals surface area contributed by atoms with E-state index in [1.165, 1.54) is 25.0 Å². The maximum Gasteiger partial charge on any atom is 0.239 e. The van der Waals surface area contributed by atoms with E-state index in [9.17, 15) is 8.42 Å². The molecule has 0 aliphatic heterocycles. The summed E-state index contributed by atoms with van der Waals surface area (Å²) >= 11 is 11.9. The van der Waals surface area contributed by atoms with Crippen molar-refractivity contribution in [1.82, 2.24) is 0 Å². The summed E-state index contributed by atoms with van der Waals surface area (Å²) in [5, 5.41) is 5.04. The monoisotopic (exact) mass is 323 g/mol. The molecule has 1 aromatic carbocycles. The van der Waals surface area contributed by atoms with Crippen LogP contribution in [0, 0.1) is 5.92 Å². The Labute approximate surface area is 122 Å². The van der Waals surface area contributed by atoms with Crippen molar-refractivity contribution in [2.75, 3.05) is 6.61 Å². The van der Waals surface area contributed by atoms with Crippen LogP contribution in [0.1, 0.15) is 25.7 Å². The summed E-state index contributed by atoms with van der Waals surface area (Å²) < 4.78 is 28.2. The normalized spacial score (nSPS) is 16.8. The molecule has 2 rings (SSSR count). The lowest BCUT2D eigenvalue weighted by atomic mass is 10.1. The van der Waals surface area contributed by atoms with Gasteiger partial charge in [-0.25, -0.2) is 13.6 Å². The molecule has 0 saturated heterocycles. The molecular weight excluding hydrogens is 309 g/mol. The van der Waals surface area contributed by atoms with Crippen LogP contribution in [0.2, 0.25) is 10.0 Å². The van der Waals surface area contributed by atoms with Crippen LogP contribution in [0.25, 0.3) is 0 Å². The second-order valence-electron chi connectivity index (χ2n) is 4.70. The van der Waals surface area contributed by atoms with Crippen molar-refractivity contribution in [2.24, 2.45) is 11.1 Å². The first kappa shape index (κ1) is 14.9. The molecule has 4 nitrogen and oxygen atoms in total. The molecule has 0 radical (unpaired) electrons. The van der Waals surface area contributed by atoms with E-state index in [0.29, 0.717) is 18.3 Å². The molecule has 2 N–H and O–H groups in total. The number of hydrogen-bond donors (Lipinski definition) is 1. The Balaban J connectivity index is 2.16. The number of rotatable bonds is 4. The highest BCUT2D eigenvalue weighted by molar-refractivity contribution is 7.89. The van der Waals surface area contributed by atoms with Crippen LogP contribution in [-0.2, 0) is 10.0 Å². The summed E-state index contributed by atoms with van der Waals surface area (Å²) in [5.41, 5.74) is 0. The zero-order chi connectivity index (χ0) is 14.0. The smallest absolute Gasteiger partial charge is 0.239 e. The molecule has 1 fully saturated rings. The Hall–Kier alpha value is -0.490. The molecule has 0 spiro atoms. The molecule has 0 aromatic heterocycles. The highest BCUT2D eigenvalue weighted by Gasteiger charge is 2.20. The molecule has 1 saturated carbocycles. The maximum absolute atomic E-state index is 11.3. The van der Waals surface area contributed by atoms with Gasteiger partial charge in [0.15, 0.2) is 0 Å². The summed E-state index contributed by atoms with van der Waals surface area (Å²) in [6.07, 6.45) is 4.76. The van der Waals surface area contributed by atoms with Gasteiger partial charge < -0.3 is 4.74 Å². The summed E-state index contributed by atoms with van der Waals surface area (Å²) in [6, 6.07) is 2.80. The molecule has 106 valence electrons. The minimum absolute atomic E-state index is 0.0891.